The summed E-state index contributed by atoms with van der Waals surface area (Å²) >= 11 is 0. The van der Waals surface area contributed by atoms with Gasteiger partial charge in [0.15, 0.2) is 34.6 Å². The van der Waals surface area contributed by atoms with Gasteiger partial charge in [-0.25, -0.2) is 18.3 Å². The SMILES string of the molecule is Cn1c(C(C#N)C#N)c(/C=C/C=C/c2c(C(C#N)C#N)n(C)c(-c3ccc([N+](=O)[O-])cc3)[n+]2C)[n+](C)c1-c1ccc([N+](=O)[O-])cc1. The lowest BCUT2D eigenvalue weighted by atomic mass is 10.1. The molecule has 14 nitrogen and oxygen atoms in total. The highest BCUT2D eigenvalue weighted by atomic mass is 16.6. The molecule has 4 aromatic rings. The van der Waals surface area contributed by atoms with Crippen molar-refractivity contribution in [1.29, 1.82) is 21.0 Å². The van der Waals surface area contributed by atoms with Crippen molar-refractivity contribution in [1.82, 2.24) is 9.13 Å². The standard InChI is InChI=1S/C32H26N10O4/c1-37-27(29(23(17-33)18-34)39(3)31(37)21-9-13-25(14-10-21)41(43)44)7-5-6-8-28-30(24(19-35)20-36)40(4)32(38(28)2)22-11-15-26(16-12-22)42(45)46/h5-16,23-24H,1-4H3/q+2/b7-5+,8-6+. The fourth-order valence-electron chi connectivity index (χ4n) is 5.51. The first-order valence-electron chi connectivity index (χ1n) is 13.6. The zero-order chi connectivity index (χ0) is 33.7. The Morgan fingerprint density at radius 3 is 1.22 bits per heavy atom. The van der Waals surface area contributed by atoms with Gasteiger partial charge in [0.05, 0.1) is 73.4 Å². The lowest BCUT2D eigenvalue weighted by Gasteiger charge is -2.00. The van der Waals surface area contributed by atoms with E-state index in [2.05, 4.69) is 0 Å². The molecular formula is C32H26N10O4+2. The Morgan fingerprint density at radius 1 is 0.652 bits per heavy atom. The predicted octanol–water partition coefficient (Wildman–Crippen LogP) is 4.15. The number of nitro groups is 2. The summed E-state index contributed by atoms with van der Waals surface area (Å²) in [7, 11) is 6.93. The Labute approximate surface area is 263 Å². The number of imidazole rings is 2. The van der Waals surface area contributed by atoms with Crippen molar-refractivity contribution in [3.05, 3.63) is 104 Å². The van der Waals surface area contributed by atoms with E-state index in [1.165, 1.54) is 24.3 Å². The molecule has 0 unspecified atom stereocenters. The van der Waals surface area contributed by atoms with E-state index in [1.807, 2.05) is 24.3 Å². The topological polar surface area (TPSA) is 199 Å². The van der Waals surface area contributed by atoms with Gasteiger partial charge in [-0.15, -0.1) is 0 Å². The van der Waals surface area contributed by atoms with Crippen LogP contribution < -0.4 is 9.13 Å². The number of aromatic nitrogens is 4. The third-order valence-electron chi connectivity index (χ3n) is 7.60. The first kappa shape index (κ1) is 32.0. The van der Waals surface area contributed by atoms with E-state index in [0.717, 1.165) is 0 Å². The molecule has 226 valence electrons. The van der Waals surface area contributed by atoms with Crippen LogP contribution in [0.25, 0.3) is 34.9 Å². The summed E-state index contributed by atoms with van der Waals surface area (Å²) in [6.07, 6.45) is 6.82. The van der Waals surface area contributed by atoms with Crippen molar-refractivity contribution in [2.45, 2.75) is 11.8 Å². The molecule has 0 saturated carbocycles. The van der Waals surface area contributed by atoms with Crippen LogP contribution in [-0.2, 0) is 28.2 Å². The van der Waals surface area contributed by atoms with Crippen LogP contribution in [0.2, 0.25) is 0 Å². The minimum absolute atomic E-state index is 0.0711. The molecule has 0 aliphatic rings. The molecule has 2 aromatic heterocycles. The molecule has 0 aliphatic heterocycles. The molecule has 0 fully saturated rings. The Morgan fingerprint density at radius 2 is 0.957 bits per heavy atom. The second kappa shape index (κ2) is 13.2. The molecular weight excluding hydrogens is 588 g/mol. The fraction of sp³-hybridized carbons (Fsp3) is 0.188. The summed E-state index contributed by atoms with van der Waals surface area (Å²) in [5.74, 6) is -0.998. The van der Waals surface area contributed by atoms with Crippen LogP contribution in [0.15, 0.2) is 60.7 Å². The summed E-state index contributed by atoms with van der Waals surface area (Å²) in [5, 5.41) is 61.3. The number of benzene rings is 2. The first-order chi connectivity index (χ1) is 22.0. The molecule has 0 amide bonds. The van der Waals surface area contributed by atoms with E-state index < -0.39 is 21.7 Å². The third kappa shape index (κ3) is 5.70. The maximum Gasteiger partial charge on any atom is 0.289 e. The molecule has 0 spiro atoms. The van der Waals surface area contributed by atoms with Crippen LogP contribution in [0, 0.1) is 65.6 Å². The largest absolute Gasteiger partial charge is 0.289 e. The van der Waals surface area contributed by atoms with Crippen molar-refractivity contribution in [3.63, 3.8) is 0 Å². The lowest BCUT2D eigenvalue weighted by molar-refractivity contribution is -0.661. The molecule has 14 heteroatoms. The molecule has 0 atom stereocenters. The number of allylic oxidation sites excluding steroid dienone is 2. The van der Waals surface area contributed by atoms with E-state index in [9.17, 15) is 41.3 Å². The second-order valence-electron chi connectivity index (χ2n) is 10.1. The van der Waals surface area contributed by atoms with Crippen molar-refractivity contribution >= 4 is 23.5 Å². The van der Waals surface area contributed by atoms with E-state index in [0.29, 0.717) is 45.6 Å². The Hall–Kier alpha value is -6.90. The molecule has 0 aliphatic carbocycles. The number of nitrogens with zero attached hydrogens (tertiary/aromatic N) is 10. The van der Waals surface area contributed by atoms with Gasteiger partial charge >= 0.3 is 0 Å². The minimum Gasteiger partial charge on any atom is -0.258 e. The third-order valence-corrected chi connectivity index (χ3v) is 7.60. The van der Waals surface area contributed by atoms with Crippen molar-refractivity contribution in [2.75, 3.05) is 0 Å². The predicted molar refractivity (Wildman–Crippen MR) is 163 cm³/mol. The summed E-state index contributed by atoms with van der Waals surface area (Å²) in [6.45, 7) is 0. The first-order valence-corrected chi connectivity index (χ1v) is 13.6. The van der Waals surface area contributed by atoms with Crippen LogP contribution in [0.5, 0.6) is 0 Å². The van der Waals surface area contributed by atoms with Crippen LogP contribution in [0.4, 0.5) is 11.4 Å². The maximum atomic E-state index is 11.1. The highest BCUT2D eigenvalue weighted by Crippen LogP contribution is 2.29. The summed E-state index contributed by atoms with van der Waals surface area (Å²) < 4.78 is 6.98. The average Bonchev–Trinajstić information content (AvgIpc) is 3.44. The summed E-state index contributed by atoms with van der Waals surface area (Å²) in [4.78, 5) is 21.3. The Bertz CT molecular complexity index is 1910. The molecule has 0 N–H and O–H groups in total. The highest BCUT2D eigenvalue weighted by molar-refractivity contribution is 5.63. The number of nitriles is 4. The molecule has 46 heavy (non-hydrogen) atoms. The van der Waals surface area contributed by atoms with Gasteiger partial charge in [0.2, 0.25) is 0 Å². The number of non-ortho nitro benzene ring substituents is 2. The van der Waals surface area contributed by atoms with Gasteiger partial charge in [0.1, 0.15) is 0 Å². The normalized spacial score (nSPS) is 11.1. The highest BCUT2D eigenvalue weighted by Gasteiger charge is 2.33. The number of rotatable bonds is 9. The van der Waals surface area contributed by atoms with Crippen LogP contribution >= 0.6 is 0 Å². The van der Waals surface area contributed by atoms with Crippen molar-refractivity contribution in [2.24, 2.45) is 28.2 Å². The van der Waals surface area contributed by atoms with E-state index in [4.69, 9.17) is 0 Å². The van der Waals surface area contributed by atoms with Crippen molar-refractivity contribution < 1.29 is 19.0 Å². The van der Waals surface area contributed by atoms with E-state index >= 15 is 0 Å². The second-order valence-corrected chi connectivity index (χ2v) is 10.1. The Balaban J connectivity index is 1.82. The van der Waals surface area contributed by atoms with Gasteiger partial charge in [-0.3, -0.25) is 20.2 Å². The van der Waals surface area contributed by atoms with Gasteiger partial charge in [-0.1, -0.05) is 12.2 Å². The number of hydrogen-bond acceptors (Lipinski definition) is 8. The van der Waals surface area contributed by atoms with Crippen molar-refractivity contribution in [3.8, 4) is 47.1 Å². The average molecular weight is 615 g/mol. The molecule has 0 radical (unpaired) electrons. The molecule has 2 heterocycles. The van der Waals surface area contributed by atoms with Gasteiger partial charge in [0.25, 0.3) is 23.0 Å². The van der Waals surface area contributed by atoms with Gasteiger partial charge in [-0.05, 0) is 36.4 Å². The number of hydrogen-bond donors (Lipinski definition) is 0. The molecule has 0 bridgehead atoms. The monoisotopic (exact) mass is 614 g/mol. The quantitative estimate of drug-likeness (QED) is 0.116. The van der Waals surface area contributed by atoms with Gasteiger partial charge in [-0.2, -0.15) is 21.0 Å². The van der Waals surface area contributed by atoms with Crippen LogP contribution in [0.1, 0.15) is 34.6 Å². The minimum atomic E-state index is -1.11. The number of nitro benzene ring substituents is 2. The summed E-state index contributed by atoms with van der Waals surface area (Å²) in [5.41, 5.74) is 3.07. The zero-order valence-corrected chi connectivity index (χ0v) is 25.2. The van der Waals surface area contributed by atoms with Crippen LogP contribution in [-0.4, -0.2) is 19.0 Å². The fourth-order valence-corrected chi connectivity index (χ4v) is 5.51. The zero-order valence-electron chi connectivity index (χ0n) is 25.2. The molecule has 4 rings (SSSR count). The Kier molecular flexibility index (Phi) is 9.17. The van der Waals surface area contributed by atoms with E-state index in [-0.39, 0.29) is 11.4 Å². The molecule has 0 saturated heterocycles. The van der Waals surface area contributed by atoms with Gasteiger partial charge in [0, 0.05) is 24.3 Å². The van der Waals surface area contributed by atoms with Gasteiger partial charge < -0.3 is 0 Å². The summed E-state index contributed by atoms with van der Waals surface area (Å²) in [6, 6.07) is 20.0. The maximum absolute atomic E-state index is 11.1. The van der Waals surface area contributed by atoms with Crippen LogP contribution in [0.3, 0.4) is 0 Å². The van der Waals surface area contributed by atoms with E-state index in [1.54, 1.807) is 95.0 Å². The smallest absolute Gasteiger partial charge is 0.258 e. The lowest BCUT2D eigenvalue weighted by Crippen LogP contribution is -2.32. The molecule has 2 aromatic carbocycles.